The summed E-state index contributed by atoms with van der Waals surface area (Å²) >= 11 is 0. The smallest absolute Gasteiger partial charge is 0.0574 e. The van der Waals surface area contributed by atoms with E-state index in [0.717, 1.165) is 25.9 Å². The molecule has 1 aliphatic heterocycles. The highest BCUT2D eigenvalue weighted by molar-refractivity contribution is 5.48. The number of nitrogens with zero attached hydrogens (tertiary/aromatic N) is 1. The van der Waals surface area contributed by atoms with Crippen LogP contribution in [0.5, 0.6) is 0 Å². The van der Waals surface area contributed by atoms with Crippen molar-refractivity contribution in [3.05, 3.63) is 29.8 Å². The molecule has 0 atom stereocenters. The summed E-state index contributed by atoms with van der Waals surface area (Å²) in [4.78, 5) is 2.31. The summed E-state index contributed by atoms with van der Waals surface area (Å²) in [6.45, 7) is 2.47. The molecule has 0 aromatic heterocycles. The summed E-state index contributed by atoms with van der Waals surface area (Å²) in [5.41, 5.74) is 8.00. The van der Waals surface area contributed by atoms with Crippen LogP contribution in [-0.2, 0) is 6.54 Å². The molecular weight excluding hydrogens is 188 g/mol. The molecule has 0 amide bonds. The third-order valence-electron chi connectivity index (χ3n) is 2.98. The first-order valence-corrected chi connectivity index (χ1v) is 5.51. The van der Waals surface area contributed by atoms with Gasteiger partial charge in [-0.25, -0.2) is 0 Å². The third-order valence-corrected chi connectivity index (χ3v) is 2.98. The third kappa shape index (κ3) is 2.49. The second kappa shape index (κ2) is 4.64. The van der Waals surface area contributed by atoms with Gasteiger partial charge in [-0.3, -0.25) is 0 Å². The number of aliphatic hydroxyl groups is 1. The first-order valence-electron chi connectivity index (χ1n) is 5.51. The Morgan fingerprint density at radius 3 is 2.73 bits per heavy atom. The van der Waals surface area contributed by atoms with E-state index in [1.807, 2.05) is 12.1 Å². The quantitative estimate of drug-likeness (QED) is 0.762. The van der Waals surface area contributed by atoms with Crippen molar-refractivity contribution in [3.8, 4) is 0 Å². The second-order valence-corrected chi connectivity index (χ2v) is 4.09. The molecule has 3 nitrogen and oxygen atoms in total. The molecule has 0 aliphatic carbocycles. The number of anilines is 1. The van der Waals surface area contributed by atoms with E-state index in [0.29, 0.717) is 6.54 Å². The summed E-state index contributed by atoms with van der Waals surface area (Å²) in [5.74, 6) is 0. The van der Waals surface area contributed by atoms with E-state index in [4.69, 9.17) is 5.73 Å². The SMILES string of the molecule is NCc1cccc(N2CCC(O)CC2)c1. The Bertz CT molecular complexity index is 319. The summed E-state index contributed by atoms with van der Waals surface area (Å²) in [6, 6.07) is 8.33. The molecule has 1 aliphatic rings. The van der Waals surface area contributed by atoms with Gasteiger partial charge in [0, 0.05) is 25.3 Å². The lowest BCUT2D eigenvalue weighted by atomic mass is 10.1. The molecule has 0 unspecified atom stereocenters. The van der Waals surface area contributed by atoms with Crippen LogP contribution in [0.1, 0.15) is 18.4 Å². The van der Waals surface area contributed by atoms with Gasteiger partial charge in [0.1, 0.15) is 0 Å². The zero-order valence-corrected chi connectivity index (χ0v) is 8.89. The van der Waals surface area contributed by atoms with Crippen LogP contribution in [0.4, 0.5) is 5.69 Å². The van der Waals surface area contributed by atoms with Crippen molar-refractivity contribution in [1.82, 2.24) is 0 Å². The number of rotatable bonds is 2. The number of aliphatic hydroxyl groups excluding tert-OH is 1. The number of benzene rings is 1. The van der Waals surface area contributed by atoms with Crippen molar-refractivity contribution in [2.75, 3.05) is 18.0 Å². The van der Waals surface area contributed by atoms with Gasteiger partial charge in [0.05, 0.1) is 6.10 Å². The minimum Gasteiger partial charge on any atom is -0.393 e. The average molecular weight is 206 g/mol. The Hall–Kier alpha value is -1.06. The van der Waals surface area contributed by atoms with Crippen molar-refractivity contribution < 1.29 is 5.11 Å². The molecule has 0 saturated carbocycles. The van der Waals surface area contributed by atoms with Gasteiger partial charge in [-0.2, -0.15) is 0 Å². The van der Waals surface area contributed by atoms with Gasteiger partial charge in [-0.15, -0.1) is 0 Å². The summed E-state index contributed by atoms with van der Waals surface area (Å²) in [7, 11) is 0. The van der Waals surface area contributed by atoms with E-state index in [1.165, 1.54) is 11.3 Å². The molecule has 0 spiro atoms. The highest BCUT2D eigenvalue weighted by Gasteiger charge is 2.16. The number of hydrogen-bond donors (Lipinski definition) is 2. The lowest BCUT2D eigenvalue weighted by Gasteiger charge is -2.31. The lowest BCUT2D eigenvalue weighted by molar-refractivity contribution is 0.145. The topological polar surface area (TPSA) is 49.5 Å². The first kappa shape index (κ1) is 10.5. The second-order valence-electron chi connectivity index (χ2n) is 4.09. The van der Waals surface area contributed by atoms with Gasteiger partial charge >= 0.3 is 0 Å². The zero-order chi connectivity index (χ0) is 10.7. The largest absolute Gasteiger partial charge is 0.393 e. The van der Waals surface area contributed by atoms with Gasteiger partial charge in [0.15, 0.2) is 0 Å². The van der Waals surface area contributed by atoms with Crippen molar-refractivity contribution in [3.63, 3.8) is 0 Å². The highest BCUT2D eigenvalue weighted by Crippen LogP contribution is 2.20. The van der Waals surface area contributed by atoms with Crippen LogP contribution in [0, 0.1) is 0 Å². The standard InChI is InChI=1S/C12H18N2O/c13-9-10-2-1-3-11(8-10)14-6-4-12(15)5-7-14/h1-3,8,12,15H,4-7,9,13H2. The van der Waals surface area contributed by atoms with E-state index in [-0.39, 0.29) is 6.10 Å². The molecule has 1 aromatic carbocycles. The summed E-state index contributed by atoms with van der Waals surface area (Å²) < 4.78 is 0. The molecule has 1 fully saturated rings. The van der Waals surface area contributed by atoms with Crippen LogP contribution in [0.3, 0.4) is 0 Å². The van der Waals surface area contributed by atoms with E-state index < -0.39 is 0 Å². The predicted molar refractivity (Wildman–Crippen MR) is 61.8 cm³/mol. The van der Waals surface area contributed by atoms with Gasteiger partial charge in [-0.05, 0) is 30.5 Å². The zero-order valence-electron chi connectivity index (χ0n) is 8.89. The molecule has 1 saturated heterocycles. The molecular formula is C12H18N2O. The maximum atomic E-state index is 9.43. The Labute approximate surface area is 90.5 Å². The maximum absolute atomic E-state index is 9.43. The molecule has 0 radical (unpaired) electrons. The van der Waals surface area contributed by atoms with Crippen molar-refractivity contribution >= 4 is 5.69 Å². The van der Waals surface area contributed by atoms with Crippen LogP contribution in [0.2, 0.25) is 0 Å². The van der Waals surface area contributed by atoms with Crippen LogP contribution < -0.4 is 10.6 Å². The van der Waals surface area contributed by atoms with Crippen molar-refractivity contribution in [2.24, 2.45) is 5.73 Å². The van der Waals surface area contributed by atoms with Gasteiger partial charge in [0.25, 0.3) is 0 Å². The average Bonchev–Trinajstić information content (AvgIpc) is 2.30. The number of hydrogen-bond acceptors (Lipinski definition) is 3. The molecule has 82 valence electrons. The van der Waals surface area contributed by atoms with E-state index in [9.17, 15) is 5.11 Å². The molecule has 2 rings (SSSR count). The molecule has 1 aromatic rings. The minimum atomic E-state index is -0.112. The van der Waals surface area contributed by atoms with Crippen molar-refractivity contribution in [1.29, 1.82) is 0 Å². The summed E-state index contributed by atoms with van der Waals surface area (Å²) in [6.07, 6.45) is 1.62. The number of nitrogens with two attached hydrogens (primary N) is 1. The molecule has 0 bridgehead atoms. The highest BCUT2D eigenvalue weighted by atomic mass is 16.3. The fraction of sp³-hybridized carbons (Fsp3) is 0.500. The fourth-order valence-electron chi connectivity index (χ4n) is 2.00. The maximum Gasteiger partial charge on any atom is 0.0574 e. The monoisotopic (exact) mass is 206 g/mol. The van der Waals surface area contributed by atoms with Gasteiger partial charge in [0.2, 0.25) is 0 Å². The molecule has 1 heterocycles. The Kier molecular flexibility index (Phi) is 3.23. The van der Waals surface area contributed by atoms with Gasteiger partial charge < -0.3 is 15.7 Å². The van der Waals surface area contributed by atoms with Crippen LogP contribution in [-0.4, -0.2) is 24.3 Å². The molecule has 3 N–H and O–H groups in total. The molecule has 15 heavy (non-hydrogen) atoms. The predicted octanol–water partition coefficient (Wildman–Crippen LogP) is 1.11. The number of piperidine rings is 1. The Morgan fingerprint density at radius 1 is 1.33 bits per heavy atom. The van der Waals surface area contributed by atoms with Crippen LogP contribution in [0.15, 0.2) is 24.3 Å². The summed E-state index contributed by atoms with van der Waals surface area (Å²) in [5, 5.41) is 9.43. The minimum absolute atomic E-state index is 0.112. The lowest BCUT2D eigenvalue weighted by Crippen LogP contribution is -2.35. The van der Waals surface area contributed by atoms with Crippen molar-refractivity contribution in [2.45, 2.75) is 25.5 Å². The van der Waals surface area contributed by atoms with Crippen LogP contribution >= 0.6 is 0 Å². The van der Waals surface area contributed by atoms with Gasteiger partial charge in [-0.1, -0.05) is 12.1 Å². The van der Waals surface area contributed by atoms with E-state index >= 15 is 0 Å². The van der Waals surface area contributed by atoms with E-state index in [2.05, 4.69) is 17.0 Å². The van der Waals surface area contributed by atoms with E-state index in [1.54, 1.807) is 0 Å². The first-order chi connectivity index (χ1) is 7.29. The Morgan fingerprint density at radius 2 is 2.07 bits per heavy atom. The van der Waals surface area contributed by atoms with Crippen LogP contribution in [0.25, 0.3) is 0 Å². The molecule has 3 heteroatoms. The Balaban J connectivity index is 2.08. The fourth-order valence-corrected chi connectivity index (χ4v) is 2.00. The normalized spacial score (nSPS) is 18.1.